The zero-order valence-electron chi connectivity index (χ0n) is 22.2. The molecular weight excluding hydrogens is 591 g/mol. The van der Waals surface area contributed by atoms with Gasteiger partial charge in [-0.05, 0) is 31.0 Å². The minimum Gasteiger partial charge on any atom is -0.392 e. The van der Waals surface area contributed by atoms with E-state index in [0.29, 0.717) is 52.7 Å². The lowest BCUT2D eigenvalue weighted by Gasteiger charge is -2.36. The van der Waals surface area contributed by atoms with E-state index < -0.39 is 18.4 Å². The maximum absolute atomic E-state index is 14.0. The molecule has 0 radical (unpaired) electrons. The average molecular weight is 618 g/mol. The second-order valence-electron chi connectivity index (χ2n) is 11.1. The van der Waals surface area contributed by atoms with Crippen LogP contribution in [0.3, 0.4) is 0 Å². The molecule has 1 aromatic carbocycles. The molecule has 3 aromatic rings. The molecule has 42 heavy (non-hydrogen) atoms. The van der Waals surface area contributed by atoms with Crippen molar-refractivity contribution in [2.24, 2.45) is 16.8 Å². The Morgan fingerprint density at radius 2 is 1.95 bits per heavy atom. The molecule has 2 N–H and O–H groups in total. The van der Waals surface area contributed by atoms with E-state index in [1.165, 1.54) is 35.7 Å². The Morgan fingerprint density at radius 1 is 1.17 bits per heavy atom. The Balaban J connectivity index is 1.28. The number of amidine groups is 1. The Bertz CT molecular complexity index is 1560. The lowest BCUT2D eigenvalue weighted by molar-refractivity contribution is 0.0299. The van der Waals surface area contributed by atoms with Gasteiger partial charge in [-0.15, -0.1) is 11.3 Å². The van der Waals surface area contributed by atoms with Gasteiger partial charge in [-0.25, -0.2) is 18.9 Å². The summed E-state index contributed by atoms with van der Waals surface area (Å²) < 4.78 is 41.7. The number of urea groups is 1. The largest absolute Gasteiger partial charge is 0.392 e. The number of aliphatic hydroxyl groups is 1. The predicted octanol–water partition coefficient (Wildman–Crippen LogP) is 4.93. The van der Waals surface area contributed by atoms with E-state index in [1.807, 2.05) is 10.3 Å². The number of carbonyl (C=O) groups is 1. The first-order valence-electron chi connectivity index (χ1n) is 13.8. The van der Waals surface area contributed by atoms with Crippen molar-refractivity contribution in [3.05, 3.63) is 74.8 Å². The number of nitrogens with one attached hydrogen (secondary N) is 1. The van der Waals surface area contributed by atoms with Crippen LogP contribution < -0.4 is 5.32 Å². The monoisotopic (exact) mass is 617 g/mol. The normalized spacial score (nSPS) is 27.1. The Kier molecular flexibility index (Phi) is 6.98. The molecule has 3 fully saturated rings. The topological polar surface area (TPSA) is 98.9 Å². The third-order valence-electron chi connectivity index (χ3n) is 8.62. The number of piperidine rings is 1. The molecule has 3 aliphatic heterocycles. The van der Waals surface area contributed by atoms with Gasteiger partial charge in [-0.2, -0.15) is 13.9 Å². The van der Waals surface area contributed by atoms with Crippen LogP contribution in [0.5, 0.6) is 0 Å². The third kappa shape index (κ3) is 4.77. The Labute approximate surface area is 248 Å². The SMILES string of the molecule is O=C(N[C@H]1CC2=C(c3ccn(C(F)F)n3)[C@H](c3ccc(F)cc3Cl)N=C(c3nccs3)N2C1)N1CC2CC[C@@H](C1)[C@H]2O. The summed E-state index contributed by atoms with van der Waals surface area (Å²) in [4.78, 5) is 26.6. The fourth-order valence-electron chi connectivity index (χ4n) is 6.68. The molecule has 4 aliphatic rings. The van der Waals surface area contributed by atoms with Crippen LogP contribution in [0, 0.1) is 17.7 Å². The van der Waals surface area contributed by atoms with Gasteiger partial charge in [0.1, 0.15) is 11.9 Å². The van der Waals surface area contributed by atoms with E-state index in [9.17, 15) is 23.1 Å². The molecular formula is C28H27ClF3N7O2S. The number of likely N-dealkylation sites (tertiary alicyclic amines) is 1. The van der Waals surface area contributed by atoms with Gasteiger partial charge in [0, 0.05) is 77.5 Å². The Morgan fingerprint density at radius 3 is 2.62 bits per heavy atom. The summed E-state index contributed by atoms with van der Waals surface area (Å²) in [7, 11) is 0. The molecule has 1 unspecified atom stereocenters. The number of aromatic nitrogens is 3. The first-order chi connectivity index (χ1) is 20.3. The number of alkyl halides is 2. The number of hydrogen-bond acceptors (Lipinski definition) is 7. The molecule has 2 aromatic heterocycles. The summed E-state index contributed by atoms with van der Waals surface area (Å²) >= 11 is 7.92. The molecule has 2 saturated heterocycles. The number of aliphatic hydroxyl groups excluding tert-OH is 1. The average Bonchev–Trinajstić information content (AvgIpc) is 3.75. The van der Waals surface area contributed by atoms with Crippen LogP contribution in [0.1, 0.15) is 48.1 Å². The number of thiazole rings is 1. The summed E-state index contributed by atoms with van der Waals surface area (Å²) in [5.74, 6) is 0.226. The molecule has 220 valence electrons. The molecule has 14 heteroatoms. The van der Waals surface area contributed by atoms with Gasteiger partial charge in [0.05, 0.1) is 17.8 Å². The highest BCUT2D eigenvalue weighted by atomic mass is 35.5. The zero-order valence-corrected chi connectivity index (χ0v) is 23.8. The summed E-state index contributed by atoms with van der Waals surface area (Å²) in [6, 6.07) is 4.23. The van der Waals surface area contributed by atoms with Crippen LogP contribution in [-0.2, 0) is 0 Å². The van der Waals surface area contributed by atoms with Crippen LogP contribution in [0.2, 0.25) is 5.02 Å². The second kappa shape index (κ2) is 10.7. The lowest BCUT2D eigenvalue weighted by atomic mass is 9.92. The van der Waals surface area contributed by atoms with Crippen LogP contribution in [0.25, 0.3) is 5.57 Å². The second-order valence-corrected chi connectivity index (χ2v) is 12.4. The molecule has 0 spiro atoms. The number of carbonyl (C=O) groups excluding carboxylic acids is 1. The fraction of sp³-hybridized carbons (Fsp3) is 0.429. The van der Waals surface area contributed by atoms with Gasteiger partial charge in [-0.3, -0.25) is 4.99 Å². The number of fused-ring (bicyclic) bond motifs is 3. The lowest BCUT2D eigenvalue weighted by Crippen LogP contribution is -2.53. The van der Waals surface area contributed by atoms with Crippen molar-refractivity contribution >= 4 is 40.4 Å². The van der Waals surface area contributed by atoms with Gasteiger partial charge >= 0.3 is 12.6 Å². The molecule has 7 rings (SSSR count). The maximum atomic E-state index is 14.0. The highest BCUT2D eigenvalue weighted by Gasteiger charge is 2.44. The number of nitrogens with zero attached hydrogens (tertiary/aromatic N) is 6. The van der Waals surface area contributed by atoms with E-state index in [-0.39, 0.29) is 40.7 Å². The predicted molar refractivity (Wildman–Crippen MR) is 151 cm³/mol. The van der Waals surface area contributed by atoms with Crippen LogP contribution in [-0.4, -0.2) is 73.3 Å². The molecule has 2 bridgehead atoms. The highest BCUT2D eigenvalue weighted by molar-refractivity contribution is 7.11. The third-order valence-corrected chi connectivity index (χ3v) is 9.72. The number of benzene rings is 1. The van der Waals surface area contributed by atoms with E-state index >= 15 is 0 Å². The number of halogens is 4. The number of aliphatic imine (C=N–C) groups is 1. The van der Waals surface area contributed by atoms with Crippen molar-refractivity contribution in [1.82, 2.24) is 29.9 Å². The fourth-order valence-corrected chi connectivity index (χ4v) is 7.59. The zero-order chi connectivity index (χ0) is 29.1. The van der Waals surface area contributed by atoms with Gasteiger partial charge in [0.25, 0.3) is 0 Å². The van der Waals surface area contributed by atoms with Crippen LogP contribution >= 0.6 is 22.9 Å². The molecule has 1 aliphatic carbocycles. The molecule has 1 saturated carbocycles. The van der Waals surface area contributed by atoms with Crippen molar-refractivity contribution in [3.8, 4) is 0 Å². The van der Waals surface area contributed by atoms with Crippen LogP contribution in [0.4, 0.5) is 18.0 Å². The van der Waals surface area contributed by atoms with E-state index in [4.69, 9.17) is 16.6 Å². The first-order valence-corrected chi connectivity index (χ1v) is 15.0. The first kappa shape index (κ1) is 27.4. The van der Waals surface area contributed by atoms with Crippen molar-refractivity contribution in [1.29, 1.82) is 0 Å². The van der Waals surface area contributed by atoms with Crippen molar-refractivity contribution in [3.63, 3.8) is 0 Å². The molecule has 9 nitrogen and oxygen atoms in total. The van der Waals surface area contributed by atoms with Gasteiger partial charge in [0.2, 0.25) is 0 Å². The minimum absolute atomic E-state index is 0.0912. The maximum Gasteiger partial charge on any atom is 0.333 e. The van der Waals surface area contributed by atoms with Crippen molar-refractivity contribution in [2.45, 2.75) is 44.0 Å². The number of amides is 2. The quantitative estimate of drug-likeness (QED) is 0.423. The summed E-state index contributed by atoms with van der Waals surface area (Å²) in [6.07, 6.45) is 4.72. The van der Waals surface area contributed by atoms with Crippen molar-refractivity contribution in [2.75, 3.05) is 19.6 Å². The Hall–Kier alpha value is -3.42. The van der Waals surface area contributed by atoms with E-state index in [2.05, 4.69) is 15.4 Å². The minimum atomic E-state index is -2.83. The van der Waals surface area contributed by atoms with Gasteiger partial charge in [-0.1, -0.05) is 17.7 Å². The summed E-state index contributed by atoms with van der Waals surface area (Å²) in [6.45, 7) is -1.43. The number of hydrogen-bond donors (Lipinski definition) is 2. The standard InChI is InChI=1S/C28H27ClF3N7O2S/c29-19-9-16(30)3-4-18(19)23-22(20-5-7-39(36-20)27(31)32)21-10-17(13-38(21)25(35-23)26-33-6-8-42-26)34-28(41)37-11-14-1-2-15(12-37)24(14)40/h3-9,14-15,17,23-24,27,40H,1-2,10-13H2,(H,34,41)/t14-,15?,17-,23-,24+/m0/s1. The molecule has 5 atom stereocenters. The smallest absolute Gasteiger partial charge is 0.333 e. The van der Waals surface area contributed by atoms with E-state index in [1.54, 1.807) is 17.2 Å². The van der Waals surface area contributed by atoms with Gasteiger partial charge < -0.3 is 20.2 Å². The van der Waals surface area contributed by atoms with Crippen molar-refractivity contribution < 1.29 is 23.1 Å². The summed E-state index contributed by atoms with van der Waals surface area (Å²) in [5.41, 5.74) is 2.09. The highest BCUT2D eigenvalue weighted by Crippen LogP contribution is 2.46. The van der Waals surface area contributed by atoms with Gasteiger partial charge in [0.15, 0.2) is 10.8 Å². The van der Waals surface area contributed by atoms with Crippen LogP contribution in [0.15, 0.2) is 52.7 Å². The molecule has 5 heterocycles. The summed E-state index contributed by atoms with van der Waals surface area (Å²) in [5, 5.41) is 20.3. The van der Waals surface area contributed by atoms with E-state index in [0.717, 1.165) is 18.5 Å². The number of rotatable bonds is 5. The molecule has 2 amide bonds.